The van der Waals surface area contributed by atoms with Crippen LogP contribution in [0.3, 0.4) is 0 Å². The number of hydrogen-bond acceptors (Lipinski definition) is 3. The number of sulfonamides is 1. The van der Waals surface area contributed by atoms with Crippen LogP contribution in [-0.4, -0.2) is 26.3 Å². The number of unbranched alkanes of at least 4 members (excludes halogenated alkanes) is 2. The second kappa shape index (κ2) is 7.61. The topological polar surface area (TPSA) is 63.4 Å². The van der Waals surface area contributed by atoms with E-state index in [0.29, 0.717) is 17.1 Å². The van der Waals surface area contributed by atoms with Crippen molar-refractivity contribution in [3.63, 3.8) is 0 Å². The van der Waals surface area contributed by atoms with Gasteiger partial charge in [0.05, 0.1) is 5.02 Å². The van der Waals surface area contributed by atoms with Crippen LogP contribution in [0.4, 0.5) is 0 Å². The van der Waals surface area contributed by atoms with Crippen LogP contribution >= 0.6 is 23.2 Å². The van der Waals surface area contributed by atoms with E-state index in [1.165, 1.54) is 16.4 Å². The van der Waals surface area contributed by atoms with Gasteiger partial charge in [0.25, 0.3) is 0 Å². The first-order valence-electron chi connectivity index (χ1n) is 6.49. The Balaban J connectivity index is 3.08. The predicted octanol–water partition coefficient (Wildman–Crippen LogP) is 3.26. The lowest BCUT2D eigenvalue weighted by Gasteiger charge is -2.18. The lowest BCUT2D eigenvalue weighted by atomic mass is 10.2. The summed E-state index contributed by atoms with van der Waals surface area (Å²) in [5.41, 5.74) is 6.12. The average molecular weight is 339 g/mol. The summed E-state index contributed by atoms with van der Waals surface area (Å²) in [7, 11) is -2.06. The fraction of sp³-hybridized carbons (Fsp3) is 0.538. The normalized spacial score (nSPS) is 12.1. The van der Waals surface area contributed by atoms with E-state index in [-0.39, 0.29) is 16.5 Å². The number of nitrogens with two attached hydrogens (primary N) is 1. The summed E-state index contributed by atoms with van der Waals surface area (Å²) in [6.45, 7) is 2.70. The maximum absolute atomic E-state index is 12.5. The molecule has 0 aliphatic rings. The third-order valence-electron chi connectivity index (χ3n) is 3.09. The minimum Gasteiger partial charge on any atom is -0.326 e. The number of hydrogen-bond donors (Lipinski definition) is 1. The summed E-state index contributed by atoms with van der Waals surface area (Å²) in [5, 5.41) is 0.500. The number of rotatable bonds is 7. The van der Waals surface area contributed by atoms with Crippen LogP contribution in [0, 0.1) is 0 Å². The standard InChI is InChI=1S/C13H20Cl2N2O2S/c1-3-4-5-6-17(2)20(18,19)13-7-10(9-16)11(14)8-12(13)15/h7-8H,3-6,9,16H2,1-2H3. The third-order valence-corrected chi connectivity index (χ3v) is 5.76. The molecule has 20 heavy (non-hydrogen) atoms. The Labute approximate surface area is 130 Å². The van der Waals surface area contributed by atoms with Gasteiger partial charge in [0, 0.05) is 25.2 Å². The Morgan fingerprint density at radius 1 is 1.20 bits per heavy atom. The maximum atomic E-state index is 12.5. The predicted molar refractivity (Wildman–Crippen MR) is 83.7 cm³/mol. The fourth-order valence-corrected chi connectivity index (χ4v) is 3.85. The van der Waals surface area contributed by atoms with Crippen LogP contribution in [0.15, 0.2) is 17.0 Å². The van der Waals surface area contributed by atoms with Crippen LogP contribution in [0.2, 0.25) is 10.0 Å². The van der Waals surface area contributed by atoms with Gasteiger partial charge in [-0.2, -0.15) is 0 Å². The Morgan fingerprint density at radius 3 is 2.40 bits per heavy atom. The molecule has 0 radical (unpaired) electrons. The quantitative estimate of drug-likeness (QED) is 0.776. The molecule has 0 aliphatic heterocycles. The van der Waals surface area contributed by atoms with Gasteiger partial charge in [-0.25, -0.2) is 12.7 Å². The van der Waals surface area contributed by atoms with Crippen molar-refractivity contribution in [1.82, 2.24) is 4.31 Å². The highest BCUT2D eigenvalue weighted by Crippen LogP contribution is 2.30. The summed E-state index contributed by atoms with van der Waals surface area (Å²) >= 11 is 12.0. The highest BCUT2D eigenvalue weighted by atomic mass is 35.5. The fourth-order valence-electron chi connectivity index (χ4n) is 1.80. The second-order valence-electron chi connectivity index (χ2n) is 4.61. The van der Waals surface area contributed by atoms with E-state index in [4.69, 9.17) is 28.9 Å². The molecular weight excluding hydrogens is 319 g/mol. The molecule has 1 aromatic carbocycles. The second-order valence-corrected chi connectivity index (χ2v) is 7.44. The molecular formula is C13H20Cl2N2O2S. The van der Waals surface area contributed by atoms with Gasteiger partial charge in [0.1, 0.15) is 4.90 Å². The van der Waals surface area contributed by atoms with Crippen LogP contribution in [-0.2, 0) is 16.6 Å². The van der Waals surface area contributed by atoms with Gasteiger partial charge in [-0.15, -0.1) is 0 Å². The molecule has 0 spiro atoms. The van der Waals surface area contributed by atoms with E-state index in [9.17, 15) is 8.42 Å². The number of halogens is 2. The number of benzene rings is 1. The summed E-state index contributed by atoms with van der Waals surface area (Å²) < 4.78 is 26.3. The molecule has 0 unspecified atom stereocenters. The van der Waals surface area contributed by atoms with E-state index in [1.807, 2.05) is 0 Å². The van der Waals surface area contributed by atoms with Gasteiger partial charge in [0.15, 0.2) is 0 Å². The van der Waals surface area contributed by atoms with Gasteiger partial charge < -0.3 is 5.73 Å². The van der Waals surface area contributed by atoms with Crippen LogP contribution in [0.5, 0.6) is 0 Å². The summed E-state index contributed by atoms with van der Waals surface area (Å²) in [6.07, 6.45) is 2.84. The molecule has 7 heteroatoms. The smallest absolute Gasteiger partial charge is 0.244 e. The van der Waals surface area contributed by atoms with E-state index >= 15 is 0 Å². The SMILES string of the molecule is CCCCCN(C)S(=O)(=O)c1cc(CN)c(Cl)cc1Cl. The zero-order chi connectivity index (χ0) is 15.3. The summed E-state index contributed by atoms with van der Waals surface area (Å²) in [5.74, 6) is 0. The van der Waals surface area contributed by atoms with Crippen molar-refractivity contribution >= 4 is 33.2 Å². The minimum absolute atomic E-state index is 0.0583. The van der Waals surface area contributed by atoms with Crippen LogP contribution in [0.1, 0.15) is 31.7 Å². The molecule has 1 aromatic rings. The molecule has 0 saturated heterocycles. The highest BCUT2D eigenvalue weighted by Gasteiger charge is 2.24. The number of nitrogens with zero attached hydrogens (tertiary/aromatic N) is 1. The Bertz CT molecular complexity index is 562. The molecule has 4 nitrogen and oxygen atoms in total. The summed E-state index contributed by atoms with van der Waals surface area (Å²) in [6, 6.07) is 2.88. The van der Waals surface area contributed by atoms with Crippen molar-refractivity contribution in [2.24, 2.45) is 5.73 Å². The van der Waals surface area contributed by atoms with Crippen molar-refractivity contribution in [2.45, 2.75) is 37.6 Å². The monoisotopic (exact) mass is 338 g/mol. The van der Waals surface area contributed by atoms with Crippen LogP contribution < -0.4 is 5.73 Å². The lowest BCUT2D eigenvalue weighted by molar-refractivity contribution is 0.454. The molecule has 114 valence electrons. The van der Waals surface area contributed by atoms with E-state index < -0.39 is 10.0 Å². The molecule has 1 rings (SSSR count). The first-order chi connectivity index (χ1) is 9.34. The Hall–Kier alpha value is -0.330. The zero-order valence-electron chi connectivity index (χ0n) is 11.7. The van der Waals surface area contributed by atoms with Gasteiger partial charge in [-0.05, 0) is 24.1 Å². The first kappa shape index (κ1) is 17.7. The van der Waals surface area contributed by atoms with Gasteiger partial charge >= 0.3 is 0 Å². The molecule has 0 heterocycles. The van der Waals surface area contributed by atoms with Gasteiger partial charge in [0.2, 0.25) is 10.0 Å². The molecule has 0 fully saturated rings. The highest BCUT2D eigenvalue weighted by molar-refractivity contribution is 7.89. The maximum Gasteiger partial charge on any atom is 0.244 e. The van der Waals surface area contributed by atoms with Crippen LogP contribution in [0.25, 0.3) is 0 Å². The Kier molecular flexibility index (Phi) is 6.75. The third kappa shape index (κ3) is 4.09. The molecule has 2 N–H and O–H groups in total. The minimum atomic E-state index is -3.61. The molecule has 0 atom stereocenters. The molecule has 0 saturated carbocycles. The lowest BCUT2D eigenvalue weighted by Crippen LogP contribution is -2.28. The van der Waals surface area contributed by atoms with Crippen molar-refractivity contribution in [2.75, 3.05) is 13.6 Å². The van der Waals surface area contributed by atoms with Crippen molar-refractivity contribution in [3.8, 4) is 0 Å². The Morgan fingerprint density at radius 2 is 1.85 bits per heavy atom. The van der Waals surface area contributed by atoms with Crippen molar-refractivity contribution in [3.05, 3.63) is 27.7 Å². The van der Waals surface area contributed by atoms with E-state index in [1.54, 1.807) is 7.05 Å². The molecule has 0 amide bonds. The van der Waals surface area contributed by atoms with E-state index in [2.05, 4.69) is 6.92 Å². The average Bonchev–Trinajstić information content (AvgIpc) is 2.38. The van der Waals surface area contributed by atoms with Crippen molar-refractivity contribution in [1.29, 1.82) is 0 Å². The molecule has 0 aromatic heterocycles. The van der Waals surface area contributed by atoms with Gasteiger partial charge in [-0.3, -0.25) is 0 Å². The zero-order valence-corrected chi connectivity index (χ0v) is 14.0. The van der Waals surface area contributed by atoms with Gasteiger partial charge in [-0.1, -0.05) is 43.0 Å². The molecule has 0 bridgehead atoms. The largest absolute Gasteiger partial charge is 0.326 e. The first-order valence-corrected chi connectivity index (χ1v) is 8.68. The van der Waals surface area contributed by atoms with E-state index in [0.717, 1.165) is 19.3 Å². The molecule has 0 aliphatic carbocycles. The summed E-state index contributed by atoms with van der Waals surface area (Å²) in [4.78, 5) is 0.0583. The van der Waals surface area contributed by atoms with Crippen molar-refractivity contribution < 1.29 is 8.42 Å².